The molecule has 1 amide bonds. The van der Waals surface area contributed by atoms with Crippen LogP contribution in [0.3, 0.4) is 0 Å². The third kappa shape index (κ3) is 2.32. The Hall–Kier alpha value is -2.44. The van der Waals surface area contributed by atoms with Gasteiger partial charge in [-0.05, 0) is 61.8 Å². The molecule has 0 spiro atoms. The SMILES string of the molecule is C[C@@H]1C2CC1(n1c(=O)c(C(=O)N(C)C)cc3cnc(NC4CC5CCC4C5)nc31)C2. The number of anilines is 1. The molecule has 5 aliphatic carbocycles. The summed E-state index contributed by atoms with van der Waals surface area (Å²) in [6.07, 6.45) is 8.93. The first kappa shape index (κ1) is 18.3. The Kier molecular flexibility index (Phi) is 3.70. The minimum atomic E-state index is -0.265. The Labute approximate surface area is 175 Å². The van der Waals surface area contributed by atoms with Crippen LogP contribution in [0.15, 0.2) is 17.1 Å². The highest BCUT2D eigenvalue weighted by Crippen LogP contribution is 2.66. The minimum absolute atomic E-state index is 0.194. The van der Waals surface area contributed by atoms with Crippen molar-refractivity contribution >= 4 is 22.9 Å². The number of nitrogens with one attached hydrogen (secondary N) is 1. The molecule has 30 heavy (non-hydrogen) atoms. The zero-order valence-electron chi connectivity index (χ0n) is 17.9. The number of pyridine rings is 1. The average molecular weight is 408 g/mol. The molecule has 4 bridgehead atoms. The predicted octanol–water partition coefficient (Wildman–Crippen LogP) is 2.85. The topological polar surface area (TPSA) is 80.1 Å². The van der Waals surface area contributed by atoms with Gasteiger partial charge in [0.15, 0.2) is 0 Å². The monoisotopic (exact) mass is 407 g/mol. The van der Waals surface area contributed by atoms with Gasteiger partial charge in [-0.3, -0.25) is 14.2 Å². The van der Waals surface area contributed by atoms with Gasteiger partial charge in [0, 0.05) is 31.7 Å². The summed E-state index contributed by atoms with van der Waals surface area (Å²) in [4.78, 5) is 37.1. The Morgan fingerprint density at radius 3 is 2.60 bits per heavy atom. The van der Waals surface area contributed by atoms with Crippen LogP contribution in [-0.2, 0) is 5.54 Å². The molecule has 1 N–H and O–H groups in total. The van der Waals surface area contributed by atoms with E-state index < -0.39 is 0 Å². The van der Waals surface area contributed by atoms with Crippen LogP contribution >= 0.6 is 0 Å². The van der Waals surface area contributed by atoms with Crippen molar-refractivity contribution < 1.29 is 4.79 Å². The van der Waals surface area contributed by atoms with E-state index in [0.717, 1.165) is 24.1 Å². The smallest absolute Gasteiger partial charge is 0.265 e. The van der Waals surface area contributed by atoms with E-state index in [9.17, 15) is 9.59 Å². The molecular weight excluding hydrogens is 378 g/mol. The third-order valence-electron chi connectivity index (χ3n) is 8.66. The summed E-state index contributed by atoms with van der Waals surface area (Å²) < 4.78 is 1.84. The van der Waals surface area contributed by atoms with E-state index in [2.05, 4.69) is 17.2 Å². The lowest BCUT2D eigenvalue weighted by molar-refractivity contribution is -0.162. The highest BCUT2D eigenvalue weighted by Gasteiger charge is 2.65. The zero-order chi connectivity index (χ0) is 20.8. The maximum absolute atomic E-state index is 13.5. The Balaban J connectivity index is 1.47. The van der Waals surface area contributed by atoms with Crippen LogP contribution in [0.5, 0.6) is 0 Å². The molecule has 0 saturated heterocycles. The van der Waals surface area contributed by atoms with Crippen molar-refractivity contribution in [3.05, 3.63) is 28.2 Å². The van der Waals surface area contributed by atoms with Crippen LogP contribution in [0.2, 0.25) is 0 Å². The number of amides is 1. The van der Waals surface area contributed by atoms with E-state index in [1.807, 2.05) is 4.57 Å². The van der Waals surface area contributed by atoms with Gasteiger partial charge in [0.2, 0.25) is 5.95 Å². The molecule has 158 valence electrons. The summed E-state index contributed by atoms with van der Waals surface area (Å²) in [5, 5.41) is 4.32. The maximum Gasteiger partial charge on any atom is 0.265 e. The molecule has 7 rings (SSSR count). The standard InChI is InChI=1S/C23H29N5O2/c1-12-16-9-23(12,10-16)28-19-15(8-17(21(28)30)20(29)27(2)3)11-24-22(26-19)25-18-7-13-4-5-14(18)6-13/h8,11-14,16,18H,4-7,9-10H2,1-3H3,(H,24,25,26)/t12-,13?,14?,16?,18?,23?/m1/s1. The van der Waals surface area contributed by atoms with Gasteiger partial charge in [0.05, 0.1) is 5.54 Å². The fourth-order valence-corrected chi connectivity index (χ4v) is 6.64. The number of carbonyl (C=O) groups is 1. The largest absolute Gasteiger partial charge is 0.351 e. The van der Waals surface area contributed by atoms with Crippen molar-refractivity contribution in [3.8, 4) is 0 Å². The van der Waals surface area contributed by atoms with Crippen LogP contribution in [-0.4, -0.2) is 45.5 Å². The van der Waals surface area contributed by atoms with Gasteiger partial charge in [-0.2, -0.15) is 4.98 Å². The van der Waals surface area contributed by atoms with Gasteiger partial charge in [0.1, 0.15) is 11.2 Å². The van der Waals surface area contributed by atoms with Crippen LogP contribution in [0.25, 0.3) is 11.0 Å². The molecule has 5 aliphatic rings. The number of aromatic nitrogens is 3. The van der Waals surface area contributed by atoms with E-state index in [4.69, 9.17) is 4.98 Å². The number of fused-ring (bicyclic) bond motifs is 3. The van der Waals surface area contributed by atoms with E-state index in [1.54, 1.807) is 26.4 Å². The third-order valence-corrected chi connectivity index (χ3v) is 8.66. The molecule has 7 nitrogen and oxygen atoms in total. The lowest BCUT2D eigenvalue weighted by atomic mass is 9.42. The maximum atomic E-state index is 13.5. The fourth-order valence-electron chi connectivity index (χ4n) is 6.64. The molecule has 3 unspecified atom stereocenters. The van der Waals surface area contributed by atoms with E-state index in [-0.39, 0.29) is 22.6 Å². The van der Waals surface area contributed by atoms with Crippen molar-refractivity contribution in [2.75, 3.05) is 19.4 Å². The summed E-state index contributed by atoms with van der Waals surface area (Å²) in [5.41, 5.74) is 0.472. The van der Waals surface area contributed by atoms with E-state index in [1.165, 1.54) is 30.6 Å². The summed E-state index contributed by atoms with van der Waals surface area (Å²) in [6, 6.07) is 2.11. The van der Waals surface area contributed by atoms with Crippen LogP contribution in [0.4, 0.5) is 5.95 Å². The summed E-state index contributed by atoms with van der Waals surface area (Å²) in [7, 11) is 3.36. The number of nitrogens with zero attached hydrogens (tertiary/aromatic N) is 4. The normalized spacial score (nSPS) is 35.8. The molecule has 4 atom stereocenters. The van der Waals surface area contributed by atoms with Crippen LogP contribution in [0, 0.1) is 23.7 Å². The van der Waals surface area contributed by atoms with Crippen LogP contribution in [0.1, 0.15) is 55.8 Å². The van der Waals surface area contributed by atoms with Gasteiger partial charge >= 0.3 is 0 Å². The Morgan fingerprint density at radius 1 is 1.23 bits per heavy atom. The first-order valence-electron chi connectivity index (χ1n) is 11.3. The number of hydrogen-bond donors (Lipinski definition) is 1. The molecular formula is C23H29N5O2. The highest BCUT2D eigenvalue weighted by molar-refractivity contribution is 5.96. The van der Waals surface area contributed by atoms with Crippen molar-refractivity contribution in [3.63, 3.8) is 0 Å². The molecule has 2 heterocycles. The van der Waals surface area contributed by atoms with Crippen LogP contribution < -0.4 is 10.9 Å². The molecule has 5 fully saturated rings. The summed E-state index contributed by atoms with van der Waals surface area (Å²) in [6.45, 7) is 2.21. The van der Waals surface area contributed by atoms with Gasteiger partial charge in [-0.15, -0.1) is 0 Å². The first-order valence-corrected chi connectivity index (χ1v) is 11.3. The minimum Gasteiger partial charge on any atom is -0.351 e. The Morgan fingerprint density at radius 2 is 2.03 bits per heavy atom. The van der Waals surface area contributed by atoms with Crippen molar-refractivity contribution in [1.82, 2.24) is 19.4 Å². The van der Waals surface area contributed by atoms with Crippen molar-refractivity contribution in [2.45, 2.75) is 57.0 Å². The van der Waals surface area contributed by atoms with E-state index >= 15 is 0 Å². The lowest BCUT2D eigenvalue weighted by Gasteiger charge is -2.68. The highest BCUT2D eigenvalue weighted by atomic mass is 16.2. The van der Waals surface area contributed by atoms with Gasteiger partial charge in [0.25, 0.3) is 11.5 Å². The molecule has 0 radical (unpaired) electrons. The molecule has 7 heteroatoms. The van der Waals surface area contributed by atoms with E-state index in [0.29, 0.717) is 35.4 Å². The van der Waals surface area contributed by atoms with Gasteiger partial charge < -0.3 is 10.2 Å². The second-order valence-electron chi connectivity index (χ2n) is 10.4. The molecule has 2 aromatic rings. The lowest BCUT2D eigenvalue weighted by Crippen LogP contribution is -2.69. The summed E-state index contributed by atoms with van der Waals surface area (Å²) in [5.74, 6) is 3.04. The Bertz CT molecular complexity index is 1120. The molecule has 5 saturated carbocycles. The number of rotatable bonds is 4. The average Bonchev–Trinajstić information content (AvgIpc) is 3.31. The second-order valence-corrected chi connectivity index (χ2v) is 10.4. The van der Waals surface area contributed by atoms with Gasteiger partial charge in [-0.1, -0.05) is 13.3 Å². The quantitative estimate of drug-likeness (QED) is 0.843. The zero-order valence-corrected chi connectivity index (χ0v) is 17.9. The fraction of sp³-hybridized carbons (Fsp3) is 0.652. The molecule has 0 aliphatic heterocycles. The summed E-state index contributed by atoms with van der Waals surface area (Å²) >= 11 is 0. The molecule has 0 aromatic carbocycles. The number of hydrogen-bond acceptors (Lipinski definition) is 5. The second kappa shape index (κ2) is 6.05. The van der Waals surface area contributed by atoms with Crippen molar-refractivity contribution in [2.24, 2.45) is 23.7 Å². The first-order chi connectivity index (χ1) is 14.4. The van der Waals surface area contributed by atoms with Gasteiger partial charge in [-0.25, -0.2) is 4.98 Å². The predicted molar refractivity (Wildman–Crippen MR) is 115 cm³/mol. The van der Waals surface area contributed by atoms with Crippen molar-refractivity contribution in [1.29, 1.82) is 0 Å². The molecule has 2 aromatic heterocycles. The number of carbonyl (C=O) groups excluding carboxylic acids is 1.